The van der Waals surface area contributed by atoms with Gasteiger partial charge in [0, 0.05) is 36.2 Å². The van der Waals surface area contributed by atoms with Crippen LogP contribution in [0, 0.1) is 0 Å². The van der Waals surface area contributed by atoms with Crippen LogP contribution in [0.25, 0.3) is 11.3 Å². The zero-order chi connectivity index (χ0) is 11.0. The molecule has 16 heavy (non-hydrogen) atoms. The van der Waals surface area contributed by atoms with Crippen LogP contribution in [-0.2, 0) is 0 Å². The van der Waals surface area contributed by atoms with Crippen molar-refractivity contribution in [3.8, 4) is 11.3 Å². The third kappa shape index (κ3) is 1.62. The summed E-state index contributed by atoms with van der Waals surface area (Å²) in [7, 11) is 0. The summed E-state index contributed by atoms with van der Waals surface area (Å²) in [5.41, 5.74) is 2.36. The van der Waals surface area contributed by atoms with Crippen LogP contribution in [0.2, 0.25) is 0 Å². The van der Waals surface area contributed by atoms with E-state index in [1.54, 1.807) is 6.26 Å². The Morgan fingerprint density at radius 3 is 2.81 bits per heavy atom. The summed E-state index contributed by atoms with van der Waals surface area (Å²) in [6.07, 6.45) is 1.73. The fourth-order valence-electron chi connectivity index (χ4n) is 2.17. The monoisotopic (exact) mass is 280 g/mol. The van der Waals surface area contributed by atoms with Crippen LogP contribution in [-0.4, -0.2) is 26.2 Å². The van der Waals surface area contributed by atoms with Crippen LogP contribution in [0.3, 0.4) is 0 Å². The number of fused-ring (bicyclic) bond motifs is 1. The summed E-state index contributed by atoms with van der Waals surface area (Å²) in [4.78, 5) is 2.37. The van der Waals surface area contributed by atoms with Gasteiger partial charge in [0.2, 0.25) is 0 Å². The quantitative estimate of drug-likeness (QED) is 0.870. The number of halogens is 1. The van der Waals surface area contributed by atoms with E-state index < -0.39 is 0 Å². The van der Waals surface area contributed by atoms with Gasteiger partial charge in [-0.25, -0.2) is 0 Å². The van der Waals surface area contributed by atoms with E-state index >= 15 is 0 Å². The van der Waals surface area contributed by atoms with Crippen molar-refractivity contribution in [2.75, 3.05) is 31.1 Å². The van der Waals surface area contributed by atoms with Gasteiger partial charge in [0.15, 0.2) is 5.76 Å². The van der Waals surface area contributed by atoms with Gasteiger partial charge in [-0.1, -0.05) is 0 Å². The molecule has 0 aromatic carbocycles. The Balaban J connectivity index is 2.00. The molecule has 0 spiro atoms. The number of anilines is 1. The Bertz CT molecular complexity index is 462. The van der Waals surface area contributed by atoms with E-state index in [1.807, 2.05) is 6.07 Å². The van der Waals surface area contributed by atoms with Crippen molar-refractivity contribution >= 4 is 21.6 Å². The second-order valence-corrected chi connectivity index (χ2v) is 4.82. The number of nitrogens with zero attached hydrogens (tertiary/aromatic N) is 1. The molecule has 0 amide bonds. The molecule has 1 saturated heterocycles. The molecule has 1 fully saturated rings. The Labute approximate surface area is 103 Å². The zero-order valence-electron chi connectivity index (χ0n) is 8.87. The van der Waals surface area contributed by atoms with Crippen molar-refractivity contribution in [3.05, 3.63) is 28.9 Å². The smallest absolute Gasteiger partial charge is 0.158 e. The second-order valence-electron chi connectivity index (χ2n) is 3.97. The predicted octanol–water partition coefficient (Wildman–Crippen LogP) is 2.56. The van der Waals surface area contributed by atoms with Crippen molar-refractivity contribution < 1.29 is 4.42 Å². The molecular weight excluding hydrogens is 268 g/mol. The first kappa shape index (κ1) is 10.2. The molecule has 0 bridgehead atoms. The molecule has 0 aromatic rings. The molecule has 2 heterocycles. The van der Waals surface area contributed by atoms with Crippen molar-refractivity contribution in [2.24, 2.45) is 0 Å². The normalized spacial score (nSPS) is 16.9. The minimum absolute atomic E-state index is 0.983. The lowest BCUT2D eigenvalue weighted by Gasteiger charge is -2.29. The van der Waals surface area contributed by atoms with Crippen LogP contribution in [0.1, 0.15) is 0 Å². The second kappa shape index (κ2) is 4.11. The highest BCUT2D eigenvalue weighted by molar-refractivity contribution is 9.10. The van der Waals surface area contributed by atoms with Crippen molar-refractivity contribution in [1.29, 1.82) is 0 Å². The molecule has 0 aromatic heterocycles. The summed E-state index contributed by atoms with van der Waals surface area (Å²) in [5.74, 6) is 0.983. The average Bonchev–Trinajstić information content (AvgIpc) is 2.75. The lowest BCUT2D eigenvalue weighted by atomic mass is 10.2. The van der Waals surface area contributed by atoms with Crippen molar-refractivity contribution in [1.82, 2.24) is 5.32 Å². The van der Waals surface area contributed by atoms with Crippen molar-refractivity contribution in [2.45, 2.75) is 0 Å². The van der Waals surface area contributed by atoms with Gasteiger partial charge in [0.25, 0.3) is 0 Å². The van der Waals surface area contributed by atoms with E-state index in [0.717, 1.165) is 42.0 Å². The topological polar surface area (TPSA) is 28.4 Å². The highest BCUT2D eigenvalue weighted by Gasteiger charge is 2.20. The number of piperazine rings is 1. The highest BCUT2D eigenvalue weighted by Crippen LogP contribution is 2.39. The molecule has 2 aliphatic heterocycles. The summed E-state index contributed by atoms with van der Waals surface area (Å²) >= 11 is 3.54. The Hall–Kier alpha value is -1.00. The van der Waals surface area contributed by atoms with Crippen molar-refractivity contribution in [3.63, 3.8) is 0 Å². The van der Waals surface area contributed by atoms with Gasteiger partial charge >= 0.3 is 0 Å². The molecule has 0 unspecified atom stereocenters. The third-order valence-electron chi connectivity index (χ3n) is 3.00. The molecule has 1 N–H and O–H groups in total. The first-order valence-corrected chi connectivity index (χ1v) is 6.27. The average molecular weight is 281 g/mol. The number of hydrogen-bond acceptors (Lipinski definition) is 3. The van der Waals surface area contributed by atoms with Crippen LogP contribution >= 0.6 is 15.9 Å². The fourth-order valence-corrected chi connectivity index (χ4v) is 2.59. The van der Waals surface area contributed by atoms with E-state index in [1.165, 1.54) is 5.69 Å². The molecule has 1 aliphatic carbocycles. The van der Waals surface area contributed by atoms with Gasteiger partial charge in [0.1, 0.15) is 0 Å². The molecule has 84 valence electrons. The lowest BCUT2D eigenvalue weighted by molar-refractivity contribution is 0.552. The number of nitrogens with one attached hydrogen (secondary N) is 1. The maximum Gasteiger partial charge on any atom is 0.158 e. The maximum absolute atomic E-state index is 5.62. The van der Waals surface area contributed by atoms with Gasteiger partial charge in [-0.3, -0.25) is 0 Å². The standard InChI is InChI=1S/C12H13BrN2O/c13-10-3-8-16-12-9(10)1-2-11(12)15-6-4-14-5-7-15/h1-3,8,14H,4-7H2. The first-order valence-electron chi connectivity index (χ1n) is 5.47. The van der Waals surface area contributed by atoms with Gasteiger partial charge in [0.05, 0.1) is 12.0 Å². The highest BCUT2D eigenvalue weighted by atomic mass is 79.9. The lowest BCUT2D eigenvalue weighted by Crippen LogP contribution is -2.43. The van der Waals surface area contributed by atoms with E-state index in [4.69, 9.17) is 4.42 Å². The molecule has 0 radical (unpaired) electrons. The molecule has 4 heteroatoms. The minimum Gasteiger partial charge on any atom is -0.462 e. The third-order valence-corrected chi connectivity index (χ3v) is 3.69. The molecule has 3 nitrogen and oxygen atoms in total. The van der Waals surface area contributed by atoms with Crippen LogP contribution in [0.5, 0.6) is 0 Å². The summed E-state index contributed by atoms with van der Waals surface area (Å²) < 4.78 is 6.72. The van der Waals surface area contributed by atoms with Gasteiger partial charge in [-0.05, 0) is 34.1 Å². The largest absolute Gasteiger partial charge is 0.462 e. The summed E-state index contributed by atoms with van der Waals surface area (Å²) in [6.45, 7) is 4.17. The molecule has 3 aliphatic rings. The first-order chi connectivity index (χ1) is 7.86. The van der Waals surface area contributed by atoms with E-state index in [9.17, 15) is 0 Å². The van der Waals surface area contributed by atoms with E-state index in [2.05, 4.69) is 38.3 Å². The van der Waals surface area contributed by atoms with Crippen LogP contribution < -0.4 is 10.2 Å². The predicted molar refractivity (Wildman–Crippen MR) is 68.1 cm³/mol. The van der Waals surface area contributed by atoms with Gasteiger partial charge < -0.3 is 14.6 Å². The minimum atomic E-state index is 0.983. The summed E-state index contributed by atoms with van der Waals surface area (Å²) in [5, 5.41) is 3.35. The van der Waals surface area contributed by atoms with E-state index in [0.29, 0.717) is 0 Å². The van der Waals surface area contributed by atoms with E-state index in [-0.39, 0.29) is 0 Å². The molecule has 0 atom stereocenters. The molecule has 0 saturated carbocycles. The maximum atomic E-state index is 5.62. The molecule has 3 rings (SSSR count). The molecular formula is C12H13BrN2O. The summed E-state index contributed by atoms with van der Waals surface area (Å²) in [6, 6.07) is 6.19. The van der Waals surface area contributed by atoms with Gasteiger partial charge in [-0.2, -0.15) is 0 Å². The van der Waals surface area contributed by atoms with Gasteiger partial charge in [-0.15, -0.1) is 0 Å². The number of rotatable bonds is 1. The zero-order valence-corrected chi connectivity index (χ0v) is 10.5. The van der Waals surface area contributed by atoms with Crippen LogP contribution in [0.4, 0.5) is 5.69 Å². The SMILES string of the molecule is Brc1ccoc2c(N3CCNCC3)ccc1-2. The Morgan fingerprint density at radius 1 is 1.19 bits per heavy atom. The number of hydrogen-bond donors (Lipinski definition) is 1. The Kier molecular flexibility index (Phi) is 2.61. The fraction of sp³-hybridized carbons (Fsp3) is 0.333. The van der Waals surface area contributed by atoms with Crippen LogP contribution in [0.15, 0.2) is 33.4 Å². The Morgan fingerprint density at radius 2 is 2.00 bits per heavy atom.